The Morgan fingerprint density at radius 2 is 2.18 bits per heavy atom. The number of aliphatic hydroxyl groups is 1. The molecule has 0 bridgehead atoms. The molecule has 4 nitrogen and oxygen atoms in total. The van der Waals surface area contributed by atoms with Gasteiger partial charge in [0.05, 0.1) is 15.2 Å². The molecule has 0 aliphatic heterocycles. The van der Waals surface area contributed by atoms with Crippen LogP contribution in [0.1, 0.15) is 4.88 Å². The van der Waals surface area contributed by atoms with Crippen LogP contribution >= 0.6 is 27.3 Å². The number of aryl methyl sites for hydroxylation is 1. The first-order chi connectivity index (χ1) is 7.68. The largest absolute Gasteiger partial charge is 0.390 e. The zero-order valence-corrected chi connectivity index (χ0v) is 11.9. The van der Waals surface area contributed by atoms with Crippen molar-refractivity contribution >= 4 is 37.3 Å². The molecule has 2 N–H and O–H groups in total. The molecule has 0 saturated heterocycles. The highest BCUT2D eigenvalue weighted by Gasteiger charge is 2.31. The molecule has 0 unspecified atom stereocenters. The number of hydrogen-bond acceptors (Lipinski definition) is 4. The van der Waals surface area contributed by atoms with Crippen molar-refractivity contribution < 1.29 is 22.3 Å². The summed E-state index contributed by atoms with van der Waals surface area (Å²) < 4.78 is 51.2. The molecule has 0 radical (unpaired) electrons. The second-order valence-electron chi connectivity index (χ2n) is 3.31. The zero-order chi connectivity index (χ0) is 13.3. The predicted molar refractivity (Wildman–Crippen MR) is 64.0 cm³/mol. The summed E-state index contributed by atoms with van der Waals surface area (Å²) in [6.07, 6.45) is 0. The van der Waals surface area contributed by atoms with Gasteiger partial charge in [-0.2, -0.15) is 0 Å². The van der Waals surface area contributed by atoms with Gasteiger partial charge in [0.1, 0.15) is 6.61 Å². The first-order valence-corrected chi connectivity index (χ1v) is 7.51. The van der Waals surface area contributed by atoms with Crippen molar-refractivity contribution in [3.8, 4) is 0 Å². The van der Waals surface area contributed by atoms with Gasteiger partial charge >= 0.3 is 0 Å². The van der Waals surface area contributed by atoms with Crippen LogP contribution < -0.4 is 4.72 Å². The molecule has 1 rings (SSSR count). The summed E-state index contributed by atoms with van der Waals surface area (Å²) in [7, 11) is -3.97. The number of sulfonamides is 1. The highest BCUT2D eigenvalue weighted by atomic mass is 79.9. The van der Waals surface area contributed by atoms with Crippen LogP contribution in [-0.2, 0) is 10.0 Å². The lowest BCUT2D eigenvalue weighted by atomic mass is 10.4. The minimum absolute atomic E-state index is 0.0388. The van der Waals surface area contributed by atoms with Gasteiger partial charge in [0.2, 0.25) is 10.0 Å². The van der Waals surface area contributed by atoms with Crippen LogP contribution in [0.25, 0.3) is 0 Å². The Hall–Kier alpha value is -0.0900. The normalized spacial score (nSPS) is 13.0. The lowest BCUT2D eigenvalue weighted by Gasteiger charge is -2.13. The van der Waals surface area contributed by atoms with E-state index in [4.69, 9.17) is 5.11 Å². The van der Waals surface area contributed by atoms with Crippen molar-refractivity contribution in [1.82, 2.24) is 4.72 Å². The summed E-state index contributed by atoms with van der Waals surface area (Å²) in [4.78, 5) is 0.458. The molecule has 0 aliphatic rings. The van der Waals surface area contributed by atoms with E-state index in [0.717, 1.165) is 0 Å². The Kier molecular flexibility index (Phi) is 4.64. The van der Waals surface area contributed by atoms with E-state index in [-0.39, 0.29) is 4.90 Å². The number of aliphatic hydroxyl groups excluding tert-OH is 1. The predicted octanol–water partition coefficient (Wildman–Crippen LogP) is 1.72. The molecule has 0 saturated carbocycles. The van der Waals surface area contributed by atoms with Gasteiger partial charge in [0.25, 0.3) is 5.92 Å². The fraction of sp³-hybridized carbons (Fsp3) is 0.500. The Labute approximate surface area is 110 Å². The van der Waals surface area contributed by atoms with Gasteiger partial charge in [-0.1, -0.05) is 0 Å². The monoisotopic (exact) mass is 349 g/mol. The molecule has 1 heterocycles. The molecule has 0 aromatic carbocycles. The smallest absolute Gasteiger partial charge is 0.283 e. The lowest BCUT2D eigenvalue weighted by molar-refractivity contribution is -0.0437. The van der Waals surface area contributed by atoms with Crippen molar-refractivity contribution in [1.29, 1.82) is 0 Å². The van der Waals surface area contributed by atoms with Crippen molar-refractivity contribution in [2.75, 3.05) is 13.2 Å². The molecule has 17 heavy (non-hydrogen) atoms. The van der Waals surface area contributed by atoms with E-state index in [1.54, 1.807) is 11.6 Å². The Morgan fingerprint density at radius 3 is 2.59 bits per heavy atom. The first-order valence-electron chi connectivity index (χ1n) is 4.42. The third kappa shape index (κ3) is 3.95. The molecule has 1 aromatic heterocycles. The third-order valence-electron chi connectivity index (χ3n) is 1.88. The van der Waals surface area contributed by atoms with Gasteiger partial charge in [-0.15, -0.1) is 11.3 Å². The van der Waals surface area contributed by atoms with Crippen molar-refractivity contribution in [3.63, 3.8) is 0 Å². The van der Waals surface area contributed by atoms with Gasteiger partial charge in [0, 0.05) is 4.88 Å². The summed E-state index contributed by atoms with van der Waals surface area (Å²) in [6.45, 7) is -0.950. The van der Waals surface area contributed by atoms with Crippen LogP contribution in [0.5, 0.6) is 0 Å². The van der Waals surface area contributed by atoms with Crippen LogP contribution in [0.2, 0.25) is 0 Å². The Morgan fingerprint density at radius 1 is 1.59 bits per heavy atom. The molecule has 0 atom stereocenters. The van der Waals surface area contributed by atoms with Gasteiger partial charge in [-0.05, 0) is 28.9 Å². The van der Waals surface area contributed by atoms with Gasteiger partial charge in [0.15, 0.2) is 0 Å². The summed E-state index contributed by atoms with van der Waals surface area (Å²) in [5.41, 5.74) is 0. The van der Waals surface area contributed by atoms with Gasteiger partial charge in [-0.25, -0.2) is 21.9 Å². The van der Waals surface area contributed by atoms with E-state index in [2.05, 4.69) is 15.9 Å². The van der Waals surface area contributed by atoms with Crippen LogP contribution in [-0.4, -0.2) is 32.6 Å². The average molecular weight is 350 g/mol. The average Bonchev–Trinajstić information content (AvgIpc) is 2.56. The number of thiophene rings is 1. The second kappa shape index (κ2) is 5.27. The number of rotatable bonds is 5. The van der Waals surface area contributed by atoms with E-state index in [1.165, 1.54) is 17.4 Å². The van der Waals surface area contributed by atoms with E-state index in [0.29, 0.717) is 8.66 Å². The molecule has 9 heteroatoms. The minimum atomic E-state index is -3.97. The van der Waals surface area contributed by atoms with Gasteiger partial charge in [-0.3, -0.25) is 0 Å². The Balaban J connectivity index is 2.87. The second-order valence-corrected chi connectivity index (χ2v) is 7.68. The van der Waals surface area contributed by atoms with E-state index >= 15 is 0 Å². The molecule has 0 spiro atoms. The highest BCUT2D eigenvalue weighted by molar-refractivity contribution is 9.11. The van der Waals surface area contributed by atoms with Crippen molar-refractivity contribution in [3.05, 3.63) is 14.7 Å². The van der Waals surface area contributed by atoms with Crippen LogP contribution in [0, 0.1) is 6.92 Å². The third-order valence-corrected chi connectivity index (χ3v) is 5.09. The molecular weight excluding hydrogens is 340 g/mol. The number of nitrogens with one attached hydrogen (secondary N) is 1. The molecule has 0 aliphatic carbocycles. The Bertz CT molecular complexity index is 501. The highest BCUT2D eigenvalue weighted by Crippen LogP contribution is 2.29. The SMILES string of the molecule is Cc1sc(Br)cc1S(=O)(=O)NCC(F)(F)CO. The maximum atomic E-state index is 12.7. The van der Waals surface area contributed by atoms with Crippen molar-refractivity contribution in [2.24, 2.45) is 0 Å². The quantitative estimate of drug-likeness (QED) is 0.850. The van der Waals surface area contributed by atoms with Crippen LogP contribution in [0.3, 0.4) is 0 Å². The molecule has 0 fully saturated rings. The van der Waals surface area contributed by atoms with E-state index < -0.39 is 29.1 Å². The summed E-state index contributed by atoms with van der Waals surface area (Å²) in [6, 6.07) is 1.35. The maximum Gasteiger partial charge on any atom is 0.283 e. The van der Waals surface area contributed by atoms with Crippen LogP contribution in [0.4, 0.5) is 8.78 Å². The topological polar surface area (TPSA) is 66.4 Å². The number of halogens is 3. The van der Waals surface area contributed by atoms with E-state index in [1.807, 2.05) is 0 Å². The fourth-order valence-corrected chi connectivity index (χ4v) is 4.51. The summed E-state index contributed by atoms with van der Waals surface area (Å²) in [5, 5.41) is 8.33. The summed E-state index contributed by atoms with van der Waals surface area (Å²) in [5.74, 6) is -3.46. The molecule has 1 aromatic rings. The fourth-order valence-electron chi connectivity index (χ4n) is 1.03. The number of alkyl halides is 2. The molecule has 98 valence electrons. The molecule has 0 amide bonds. The number of hydrogen-bond donors (Lipinski definition) is 2. The standard InChI is InChI=1S/C8H10BrF2NO3S2/c1-5-6(2-7(9)16-5)17(14,15)12-3-8(10,11)4-13/h2,12-13H,3-4H2,1H3. The summed E-state index contributed by atoms with van der Waals surface area (Å²) >= 11 is 4.31. The van der Waals surface area contributed by atoms with Crippen LogP contribution in [0.15, 0.2) is 14.7 Å². The first kappa shape index (κ1) is 15.0. The van der Waals surface area contributed by atoms with Gasteiger partial charge < -0.3 is 5.11 Å². The maximum absolute atomic E-state index is 12.7. The van der Waals surface area contributed by atoms with Crippen molar-refractivity contribution in [2.45, 2.75) is 17.7 Å². The lowest BCUT2D eigenvalue weighted by Crippen LogP contribution is -2.38. The molecular formula is C8H10BrF2NO3S2. The minimum Gasteiger partial charge on any atom is -0.390 e. The van der Waals surface area contributed by atoms with E-state index in [9.17, 15) is 17.2 Å². The zero-order valence-electron chi connectivity index (χ0n) is 8.71.